The van der Waals surface area contributed by atoms with Gasteiger partial charge >= 0.3 is 6.09 Å². The molecular weight excluding hydrogens is 368 g/mol. The topological polar surface area (TPSA) is 89.2 Å². The number of ether oxygens (including phenoxy) is 2. The Kier molecular flexibility index (Phi) is 6.64. The molecule has 0 aromatic carbocycles. The standard InChI is InChI=1S/C18H28N4O4S/c1-3-18(7-5-6-10-26-18)16-19-14(21-8-11-27-12-9-21)13-15(22(16)24)20-17(23)25-4-2/h13,24H,3-12H2,1-2H3. The molecule has 9 heteroatoms. The highest BCUT2D eigenvalue weighted by Gasteiger charge is 2.38. The Morgan fingerprint density at radius 3 is 2.81 bits per heavy atom. The Bertz CT molecular complexity index is 725. The van der Waals surface area contributed by atoms with E-state index in [-0.39, 0.29) is 12.1 Å². The third kappa shape index (κ3) is 4.40. The number of hydrogen-bond donors (Lipinski definition) is 1. The van der Waals surface area contributed by atoms with E-state index in [2.05, 4.69) is 9.89 Å². The van der Waals surface area contributed by atoms with Crippen molar-refractivity contribution in [3.8, 4) is 0 Å². The van der Waals surface area contributed by atoms with Gasteiger partial charge in [-0.05, 0) is 32.6 Å². The Hall–Kier alpha value is -1.74. The second-order valence-corrected chi connectivity index (χ2v) is 7.90. The number of nitrogens with zero attached hydrogens (tertiary/aromatic N) is 4. The van der Waals surface area contributed by atoms with E-state index in [0.717, 1.165) is 48.6 Å². The average Bonchev–Trinajstić information content (AvgIpc) is 2.71. The Morgan fingerprint density at radius 1 is 1.41 bits per heavy atom. The average molecular weight is 397 g/mol. The fraction of sp³-hybridized carbons (Fsp3) is 0.722. The van der Waals surface area contributed by atoms with E-state index in [1.165, 1.54) is 0 Å². The van der Waals surface area contributed by atoms with Gasteiger partial charge in [0.1, 0.15) is 11.4 Å². The van der Waals surface area contributed by atoms with Gasteiger partial charge < -0.3 is 19.6 Å². The van der Waals surface area contributed by atoms with Crippen LogP contribution in [0.2, 0.25) is 0 Å². The van der Waals surface area contributed by atoms with Gasteiger partial charge in [-0.25, -0.2) is 9.78 Å². The quantitative estimate of drug-likeness (QED) is 0.782. The molecule has 3 rings (SSSR count). The summed E-state index contributed by atoms with van der Waals surface area (Å²) in [4.78, 5) is 22.8. The van der Waals surface area contributed by atoms with Gasteiger partial charge in [-0.2, -0.15) is 21.5 Å². The van der Waals surface area contributed by atoms with Crippen molar-refractivity contribution in [1.82, 2.24) is 9.71 Å². The van der Waals surface area contributed by atoms with Gasteiger partial charge in [0, 0.05) is 37.3 Å². The molecule has 150 valence electrons. The van der Waals surface area contributed by atoms with Gasteiger partial charge in [0.25, 0.3) is 0 Å². The van der Waals surface area contributed by atoms with Crippen LogP contribution in [-0.4, -0.2) is 58.8 Å². The lowest BCUT2D eigenvalue weighted by atomic mass is 9.90. The van der Waals surface area contributed by atoms with Crippen LogP contribution in [0.1, 0.15) is 45.4 Å². The van der Waals surface area contributed by atoms with Crippen molar-refractivity contribution in [2.45, 2.75) is 45.1 Å². The van der Waals surface area contributed by atoms with Crippen molar-refractivity contribution >= 4 is 23.7 Å². The zero-order valence-corrected chi connectivity index (χ0v) is 16.8. The van der Waals surface area contributed by atoms with Gasteiger partial charge in [-0.3, -0.25) is 0 Å². The molecule has 0 radical (unpaired) electrons. The van der Waals surface area contributed by atoms with Crippen LogP contribution in [0.15, 0.2) is 11.1 Å². The third-order valence-electron chi connectivity index (χ3n) is 5.04. The Morgan fingerprint density at radius 2 is 2.19 bits per heavy atom. The molecule has 3 heterocycles. The Labute approximate surface area is 163 Å². The predicted molar refractivity (Wildman–Crippen MR) is 103 cm³/mol. The van der Waals surface area contributed by atoms with E-state index in [9.17, 15) is 10.0 Å². The number of amides is 1. The van der Waals surface area contributed by atoms with Crippen molar-refractivity contribution < 1.29 is 19.5 Å². The molecular formula is C18H28N4O4S. The molecule has 1 aromatic heterocycles. The third-order valence-corrected chi connectivity index (χ3v) is 5.98. The number of rotatable bonds is 4. The number of thioether (sulfide) groups is 1. The molecule has 1 amide bonds. The molecule has 0 saturated carbocycles. The van der Waals surface area contributed by atoms with Crippen LogP contribution >= 0.6 is 11.8 Å². The maximum absolute atomic E-state index is 11.9. The molecule has 0 bridgehead atoms. The van der Waals surface area contributed by atoms with Crippen LogP contribution in [-0.2, 0) is 15.1 Å². The molecule has 2 aliphatic rings. The normalized spacial score (nSPS) is 24.1. The SMILES string of the molecule is CCOC(=O)N=c1cc(N2CCSCC2)nc(C2(CC)CCCCO2)n1O. The molecule has 1 unspecified atom stereocenters. The highest BCUT2D eigenvalue weighted by molar-refractivity contribution is 7.99. The van der Waals surface area contributed by atoms with Gasteiger partial charge in [-0.15, -0.1) is 0 Å². The largest absolute Gasteiger partial charge is 0.448 e. The summed E-state index contributed by atoms with van der Waals surface area (Å²) in [7, 11) is 0. The zero-order chi connectivity index (χ0) is 19.3. The minimum atomic E-state index is -0.729. The van der Waals surface area contributed by atoms with Crippen molar-refractivity contribution in [2.24, 2.45) is 4.99 Å². The summed E-state index contributed by atoms with van der Waals surface area (Å²) in [5.74, 6) is 3.15. The summed E-state index contributed by atoms with van der Waals surface area (Å²) in [6.45, 7) is 6.33. The number of carbonyl (C=O) groups excluding carboxylic acids is 1. The molecule has 2 saturated heterocycles. The maximum Gasteiger partial charge on any atom is 0.435 e. The number of anilines is 1. The number of hydrogen-bond acceptors (Lipinski definition) is 7. The molecule has 1 atom stereocenters. The Balaban J connectivity index is 2.11. The van der Waals surface area contributed by atoms with Crippen molar-refractivity contribution in [3.63, 3.8) is 0 Å². The molecule has 8 nitrogen and oxygen atoms in total. The maximum atomic E-state index is 11.9. The first kappa shape index (κ1) is 20.0. The summed E-state index contributed by atoms with van der Waals surface area (Å²) in [6.07, 6.45) is 2.72. The molecule has 0 spiro atoms. The van der Waals surface area contributed by atoms with E-state index in [0.29, 0.717) is 24.7 Å². The monoisotopic (exact) mass is 396 g/mol. The van der Waals surface area contributed by atoms with Crippen LogP contribution in [0.25, 0.3) is 0 Å². The summed E-state index contributed by atoms with van der Waals surface area (Å²) < 4.78 is 11.9. The van der Waals surface area contributed by atoms with Crippen LogP contribution in [0.5, 0.6) is 0 Å². The molecule has 1 aromatic rings. The van der Waals surface area contributed by atoms with Gasteiger partial charge in [-0.1, -0.05) is 6.92 Å². The van der Waals surface area contributed by atoms with E-state index in [4.69, 9.17) is 14.5 Å². The lowest BCUT2D eigenvalue weighted by Gasteiger charge is -2.37. The van der Waals surface area contributed by atoms with Gasteiger partial charge in [0.05, 0.1) is 6.61 Å². The highest BCUT2D eigenvalue weighted by atomic mass is 32.2. The molecule has 2 fully saturated rings. The lowest BCUT2D eigenvalue weighted by molar-refractivity contribution is -0.103. The minimum absolute atomic E-state index is 0.119. The van der Waals surface area contributed by atoms with E-state index < -0.39 is 11.7 Å². The van der Waals surface area contributed by atoms with Crippen molar-refractivity contribution in [3.05, 3.63) is 17.4 Å². The minimum Gasteiger partial charge on any atom is -0.448 e. The summed E-state index contributed by atoms with van der Waals surface area (Å²) >= 11 is 1.91. The first-order valence-corrected chi connectivity index (χ1v) is 10.8. The van der Waals surface area contributed by atoms with E-state index >= 15 is 0 Å². The fourth-order valence-corrected chi connectivity index (χ4v) is 4.42. The number of aromatic nitrogens is 2. The van der Waals surface area contributed by atoms with E-state index in [1.807, 2.05) is 18.7 Å². The van der Waals surface area contributed by atoms with Crippen molar-refractivity contribution in [1.29, 1.82) is 0 Å². The fourth-order valence-electron chi connectivity index (χ4n) is 3.52. The van der Waals surface area contributed by atoms with Crippen LogP contribution in [0, 0.1) is 0 Å². The first-order chi connectivity index (χ1) is 13.1. The molecule has 2 aliphatic heterocycles. The number of carbonyl (C=O) groups is 1. The summed E-state index contributed by atoms with van der Waals surface area (Å²) in [6, 6.07) is 1.64. The molecule has 1 N–H and O–H groups in total. The van der Waals surface area contributed by atoms with Crippen LogP contribution in [0.4, 0.5) is 10.6 Å². The summed E-state index contributed by atoms with van der Waals surface area (Å²) in [5, 5.41) is 10.8. The molecule has 27 heavy (non-hydrogen) atoms. The zero-order valence-electron chi connectivity index (χ0n) is 16.0. The lowest BCUT2D eigenvalue weighted by Crippen LogP contribution is -2.42. The second kappa shape index (κ2) is 8.97. The smallest absolute Gasteiger partial charge is 0.435 e. The predicted octanol–water partition coefficient (Wildman–Crippen LogP) is 2.54. The van der Waals surface area contributed by atoms with Crippen LogP contribution in [0.3, 0.4) is 0 Å². The van der Waals surface area contributed by atoms with E-state index in [1.54, 1.807) is 13.0 Å². The van der Waals surface area contributed by atoms with Crippen molar-refractivity contribution in [2.75, 3.05) is 42.7 Å². The van der Waals surface area contributed by atoms with Gasteiger partial charge in [0.15, 0.2) is 11.3 Å². The molecule has 0 aliphatic carbocycles. The summed E-state index contributed by atoms with van der Waals surface area (Å²) in [5.41, 5.74) is -0.555. The second-order valence-electron chi connectivity index (χ2n) is 6.67. The van der Waals surface area contributed by atoms with Crippen LogP contribution < -0.4 is 10.4 Å². The highest BCUT2D eigenvalue weighted by Crippen LogP contribution is 2.37. The van der Waals surface area contributed by atoms with Gasteiger partial charge in [0.2, 0.25) is 0 Å². The first-order valence-electron chi connectivity index (χ1n) is 9.61.